The first-order valence-electron chi connectivity index (χ1n) is 10.00. The van der Waals surface area contributed by atoms with Crippen molar-refractivity contribution in [3.05, 3.63) is 59.7 Å². The molecule has 0 spiro atoms. The lowest BCUT2D eigenvalue weighted by Crippen LogP contribution is -2.25. The maximum atomic E-state index is 12.0. The van der Waals surface area contributed by atoms with Crippen molar-refractivity contribution >= 4 is 17.3 Å². The summed E-state index contributed by atoms with van der Waals surface area (Å²) in [5.41, 5.74) is 6.69. The lowest BCUT2D eigenvalue weighted by Gasteiger charge is -2.22. The fourth-order valence-electron chi connectivity index (χ4n) is 3.34. The Morgan fingerprint density at radius 2 is 1.79 bits per heavy atom. The van der Waals surface area contributed by atoms with Crippen molar-refractivity contribution < 1.29 is 9.53 Å². The molecule has 148 valence electrons. The molecule has 0 aliphatic carbocycles. The second-order valence-corrected chi connectivity index (χ2v) is 7.29. The molecule has 0 bridgehead atoms. The van der Waals surface area contributed by atoms with Crippen molar-refractivity contribution in [2.24, 2.45) is 5.10 Å². The first kappa shape index (κ1) is 19.9. The smallest absolute Gasteiger partial charge is 0.277 e. The van der Waals surface area contributed by atoms with Gasteiger partial charge in [-0.1, -0.05) is 37.1 Å². The van der Waals surface area contributed by atoms with E-state index < -0.39 is 0 Å². The summed E-state index contributed by atoms with van der Waals surface area (Å²) in [5, 5.41) is 4.20. The number of nitrogens with one attached hydrogen (secondary N) is 1. The predicted octanol–water partition coefficient (Wildman–Crippen LogP) is 4.29. The Balaban J connectivity index is 1.51. The molecule has 1 fully saturated rings. The quantitative estimate of drug-likeness (QED) is 0.602. The van der Waals surface area contributed by atoms with E-state index in [1.54, 1.807) is 0 Å². The van der Waals surface area contributed by atoms with Gasteiger partial charge in [0, 0.05) is 18.8 Å². The van der Waals surface area contributed by atoms with E-state index in [0.717, 1.165) is 29.9 Å². The Hall–Kier alpha value is -2.82. The molecular formula is C23H29N3O2. The first-order valence-corrected chi connectivity index (χ1v) is 10.00. The van der Waals surface area contributed by atoms with Gasteiger partial charge in [0.25, 0.3) is 5.91 Å². The van der Waals surface area contributed by atoms with Crippen LogP contribution in [-0.2, 0) is 4.79 Å². The van der Waals surface area contributed by atoms with E-state index in [4.69, 9.17) is 4.74 Å². The summed E-state index contributed by atoms with van der Waals surface area (Å²) in [6.07, 6.45) is 5.18. The van der Waals surface area contributed by atoms with Crippen molar-refractivity contribution in [1.82, 2.24) is 5.43 Å². The number of aryl methyl sites for hydroxylation is 1. The number of nitrogens with zero attached hydrogens (tertiary/aromatic N) is 2. The fourth-order valence-corrected chi connectivity index (χ4v) is 3.34. The second-order valence-electron chi connectivity index (χ2n) is 7.29. The topological polar surface area (TPSA) is 53.9 Å². The second kappa shape index (κ2) is 9.93. The molecule has 1 aliphatic rings. The maximum Gasteiger partial charge on any atom is 0.277 e. The molecule has 0 saturated carbocycles. The van der Waals surface area contributed by atoms with Crippen LogP contribution in [0, 0.1) is 6.92 Å². The van der Waals surface area contributed by atoms with Gasteiger partial charge in [-0.2, -0.15) is 5.10 Å². The Kier molecular flexibility index (Phi) is 7.06. The van der Waals surface area contributed by atoms with Gasteiger partial charge in [0.05, 0.1) is 5.71 Å². The van der Waals surface area contributed by atoms with Crippen molar-refractivity contribution in [2.75, 3.05) is 24.6 Å². The van der Waals surface area contributed by atoms with Gasteiger partial charge >= 0.3 is 0 Å². The number of hydrogen-bond donors (Lipinski definition) is 1. The van der Waals surface area contributed by atoms with Crippen LogP contribution in [0.5, 0.6) is 5.75 Å². The highest BCUT2D eigenvalue weighted by atomic mass is 16.5. The molecule has 1 N–H and O–H groups in total. The normalized spacial score (nSPS) is 15.1. The van der Waals surface area contributed by atoms with Gasteiger partial charge in [0.15, 0.2) is 6.61 Å². The molecule has 1 aliphatic heterocycles. The number of amides is 1. The predicted molar refractivity (Wildman–Crippen MR) is 114 cm³/mol. The largest absolute Gasteiger partial charge is 0.484 e. The van der Waals surface area contributed by atoms with Crippen LogP contribution in [0.25, 0.3) is 0 Å². The van der Waals surface area contributed by atoms with Crippen molar-refractivity contribution in [2.45, 2.75) is 39.5 Å². The van der Waals surface area contributed by atoms with Gasteiger partial charge in [-0.05, 0) is 62.1 Å². The number of benzene rings is 2. The molecule has 3 rings (SSSR count). The van der Waals surface area contributed by atoms with Crippen LogP contribution in [0.15, 0.2) is 53.6 Å². The van der Waals surface area contributed by atoms with Gasteiger partial charge in [-0.15, -0.1) is 0 Å². The third kappa shape index (κ3) is 5.84. The highest BCUT2D eigenvalue weighted by Crippen LogP contribution is 2.20. The van der Waals surface area contributed by atoms with Crippen molar-refractivity contribution in [1.29, 1.82) is 0 Å². The van der Waals surface area contributed by atoms with Gasteiger partial charge < -0.3 is 9.64 Å². The molecule has 0 aromatic heterocycles. The van der Waals surface area contributed by atoms with Crippen LogP contribution >= 0.6 is 0 Å². The number of hydrazone groups is 1. The summed E-state index contributed by atoms with van der Waals surface area (Å²) in [4.78, 5) is 14.4. The van der Waals surface area contributed by atoms with Crippen molar-refractivity contribution in [3.63, 3.8) is 0 Å². The first-order chi connectivity index (χ1) is 13.6. The molecule has 0 unspecified atom stereocenters. The summed E-state index contributed by atoms with van der Waals surface area (Å²) < 4.78 is 5.49. The molecule has 2 aromatic rings. The van der Waals surface area contributed by atoms with Crippen LogP contribution in [0.3, 0.4) is 0 Å². The van der Waals surface area contributed by atoms with E-state index in [9.17, 15) is 4.79 Å². The standard InChI is InChI=1S/C23H29N3O2/c1-18-8-7-9-22(16-18)28-17-23(27)25-24-19(2)20-10-12-21(13-11-20)26-14-5-3-4-6-15-26/h7-13,16H,3-6,14-15,17H2,1-2H3,(H,25,27)/b24-19+. The summed E-state index contributed by atoms with van der Waals surface area (Å²) in [6.45, 7) is 6.07. The van der Waals surface area contributed by atoms with E-state index >= 15 is 0 Å². The molecular weight excluding hydrogens is 350 g/mol. The molecule has 5 heteroatoms. The molecule has 0 radical (unpaired) electrons. The Bertz CT molecular complexity index is 807. The van der Waals surface area contributed by atoms with Crippen LogP contribution in [0.1, 0.15) is 43.7 Å². The number of rotatable bonds is 6. The molecule has 28 heavy (non-hydrogen) atoms. The third-order valence-electron chi connectivity index (χ3n) is 4.96. The van der Waals surface area contributed by atoms with Crippen LogP contribution < -0.4 is 15.1 Å². The fraction of sp³-hybridized carbons (Fsp3) is 0.391. The zero-order chi connectivity index (χ0) is 19.8. The number of carbonyl (C=O) groups is 1. The number of carbonyl (C=O) groups excluding carboxylic acids is 1. The Morgan fingerprint density at radius 3 is 2.46 bits per heavy atom. The number of anilines is 1. The molecule has 0 atom stereocenters. The Labute approximate surface area is 167 Å². The minimum absolute atomic E-state index is 0.0614. The summed E-state index contributed by atoms with van der Waals surface area (Å²) in [6, 6.07) is 16.0. The van der Waals surface area contributed by atoms with Gasteiger partial charge in [0.1, 0.15) is 5.75 Å². The minimum Gasteiger partial charge on any atom is -0.484 e. The maximum absolute atomic E-state index is 12.0. The molecule has 2 aromatic carbocycles. The summed E-state index contributed by atoms with van der Waals surface area (Å²) in [5.74, 6) is 0.405. The highest BCUT2D eigenvalue weighted by molar-refractivity contribution is 5.99. The number of hydrogen-bond acceptors (Lipinski definition) is 4. The van der Waals surface area contributed by atoms with E-state index in [2.05, 4.69) is 39.7 Å². The van der Waals surface area contributed by atoms with E-state index in [-0.39, 0.29) is 12.5 Å². The number of ether oxygens (including phenoxy) is 1. The lowest BCUT2D eigenvalue weighted by atomic mass is 10.1. The van der Waals surface area contributed by atoms with E-state index in [1.807, 2.05) is 38.1 Å². The zero-order valence-electron chi connectivity index (χ0n) is 16.8. The third-order valence-corrected chi connectivity index (χ3v) is 4.96. The minimum atomic E-state index is -0.276. The van der Waals surface area contributed by atoms with Gasteiger partial charge in [-0.3, -0.25) is 4.79 Å². The van der Waals surface area contributed by atoms with Crippen molar-refractivity contribution in [3.8, 4) is 5.75 Å². The molecule has 1 heterocycles. The molecule has 1 saturated heterocycles. The van der Waals surface area contributed by atoms with E-state index in [0.29, 0.717) is 5.75 Å². The SMILES string of the molecule is C/C(=N\NC(=O)COc1cccc(C)c1)c1ccc(N2CCCCCC2)cc1. The van der Waals surface area contributed by atoms with Crippen LogP contribution in [0.2, 0.25) is 0 Å². The van der Waals surface area contributed by atoms with Gasteiger partial charge in [0.2, 0.25) is 0 Å². The Morgan fingerprint density at radius 1 is 1.07 bits per heavy atom. The highest BCUT2D eigenvalue weighted by Gasteiger charge is 2.10. The monoisotopic (exact) mass is 379 g/mol. The van der Waals surface area contributed by atoms with Crippen LogP contribution in [-0.4, -0.2) is 31.3 Å². The van der Waals surface area contributed by atoms with Crippen LogP contribution in [0.4, 0.5) is 5.69 Å². The molecule has 1 amide bonds. The average molecular weight is 380 g/mol. The summed E-state index contributed by atoms with van der Waals surface area (Å²) in [7, 11) is 0. The lowest BCUT2D eigenvalue weighted by molar-refractivity contribution is -0.123. The summed E-state index contributed by atoms with van der Waals surface area (Å²) >= 11 is 0. The van der Waals surface area contributed by atoms with Gasteiger partial charge in [-0.25, -0.2) is 5.43 Å². The zero-order valence-corrected chi connectivity index (χ0v) is 16.8. The average Bonchev–Trinajstić information content (AvgIpc) is 3.00. The molecule has 5 nitrogen and oxygen atoms in total. The van der Waals surface area contributed by atoms with E-state index in [1.165, 1.54) is 31.4 Å².